The number of primary amides is 1. The molecule has 1 saturated carbocycles. The van der Waals surface area contributed by atoms with E-state index in [0.717, 1.165) is 6.42 Å². The molecule has 1 rings (SSSR count). The van der Waals surface area contributed by atoms with E-state index in [1.807, 2.05) is 0 Å². The average Bonchev–Trinajstić information content (AvgIpc) is 2.15. The van der Waals surface area contributed by atoms with Crippen LogP contribution >= 0.6 is 0 Å². The van der Waals surface area contributed by atoms with Gasteiger partial charge in [-0.3, -0.25) is 9.59 Å². The fraction of sp³-hybridized carbons (Fsp3) is 0.800. The Bertz CT molecular complexity index is 195. The molecule has 0 aromatic heterocycles. The summed E-state index contributed by atoms with van der Waals surface area (Å²) < 4.78 is 0. The molecule has 3 nitrogen and oxygen atoms in total. The van der Waals surface area contributed by atoms with E-state index in [1.54, 1.807) is 0 Å². The first-order chi connectivity index (χ1) is 6.20. The normalized spacial score (nSPS) is 18.5. The van der Waals surface area contributed by atoms with Gasteiger partial charge in [0, 0.05) is 6.42 Å². The number of hydrogen-bond donors (Lipinski definition) is 1. The van der Waals surface area contributed by atoms with Crippen LogP contribution in [0.3, 0.4) is 0 Å². The summed E-state index contributed by atoms with van der Waals surface area (Å²) in [6, 6.07) is 0. The molecule has 0 unspecified atom stereocenters. The molecule has 13 heavy (non-hydrogen) atoms. The molecular formula is C10H17NO2. The van der Waals surface area contributed by atoms with Gasteiger partial charge >= 0.3 is 0 Å². The molecule has 0 aromatic carbocycles. The van der Waals surface area contributed by atoms with Gasteiger partial charge in [0.15, 0.2) is 0 Å². The summed E-state index contributed by atoms with van der Waals surface area (Å²) in [6.07, 6.45) is 7.49. The van der Waals surface area contributed by atoms with Gasteiger partial charge in [0.1, 0.15) is 0 Å². The first-order valence-electron chi connectivity index (χ1n) is 5.03. The molecular weight excluding hydrogens is 166 g/mol. The highest BCUT2D eigenvalue weighted by Gasteiger charge is 2.16. The van der Waals surface area contributed by atoms with E-state index < -0.39 is 11.7 Å². The fourth-order valence-corrected chi connectivity index (χ4v) is 1.93. The summed E-state index contributed by atoms with van der Waals surface area (Å²) in [6.45, 7) is 0. The van der Waals surface area contributed by atoms with E-state index >= 15 is 0 Å². The van der Waals surface area contributed by atoms with Gasteiger partial charge in [-0.1, -0.05) is 32.1 Å². The van der Waals surface area contributed by atoms with Gasteiger partial charge in [0.25, 0.3) is 5.91 Å². The highest BCUT2D eigenvalue weighted by atomic mass is 16.2. The highest BCUT2D eigenvalue weighted by Crippen LogP contribution is 2.27. The lowest BCUT2D eigenvalue weighted by atomic mass is 9.85. The Hall–Kier alpha value is -0.860. The number of hydrogen-bond acceptors (Lipinski definition) is 2. The standard InChI is InChI=1S/C10H17NO2/c11-10(13)9(12)7-6-8-4-2-1-3-5-8/h8H,1-7H2,(H2,11,13). The van der Waals surface area contributed by atoms with Crippen molar-refractivity contribution in [2.75, 3.05) is 0 Å². The van der Waals surface area contributed by atoms with Crippen molar-refractivity contribution in [2.45, 2.75) is 44.9 Å². The molecule has 1 amide bonds. The maximum atomic E-state index is 10.9. The number of nitrogens with two attached hydrogens (primary N) is 1. The van der Waals surface area contributed by atoms with Crippen LogP contribution < -0.4 is 5.73 Å². The molecule has 0 radical (unpaired) electrons. The van der Waals surface area contributed by atoms with Gasteiger partial charge in [0.2, 0.25) is 5.78 Å². The van der Waals surface area contributed by atoms with Crippen molar-refractivity contribution >= 4 is 11.7 Å². The van der Waals surface area contributed by atoms with Gasteiger partial charge in [-0.2, -0.15) is 0 Å². The predicted octanol–water partition coefficient (Wildman–Crippen LogP) is 1.40. The lowest BCUT2D eigenvalue weighted by Crippen LogP contribution is -2.23. The van der Waals surface area contributed by atoms with Crippen LogP contribution in [0.4, 0.5) is 0 Å². The summed E-state index contributed by atoms with van der Waals surface area (Å²) in [4.78, 5) is 21.4. The Morgan fingerprint density at radius 3 is 2.31 bits per heavy atom. The van der Waals surface area contributed by atoms with Crippen molar-refractivity contribution in [3.05, 3.63) is 0 Å². The number of ketones is 1. The van der Waals surface area contributed by atoms with E-state index in [1.165, 1.54) is 32.1 Å². The van der Waals surface area contributed by atoms with Crippen LogP contribution in [0, 0.1) is 5.92 Å². The van der Waals surface area contributed by atoms with Crippen molar-refractivity contribution in [3.8, 4) is 0 Å². The van der Waals surface area contributed by atoms with Crippen molar-refractivity contribution in [1.82, 2.24) is 0 Å². The Balaban J connectivity index is 2.17. The number of Topliss-reactive ketones (excluding diaryl/α,β-unsaturated/α-hetero) is 1. The monoisotopic (exact) mass is 183 g/mol. The molecule has 1 aliphatic rings. The van der Waals surface area contributed by atoms with Crippen LogP contribution in [0.25, 0.3) is 0 Å². The van der Waals surface area contributed by atoms with Crippen LogP contribution in [-0.2, 0) is 9.59 Å². The van der Waals surface area contributed by atoms with E-state index in [2.05, 4.69) is 0 Å². The third-order valence-electron chi connectivity index (χ3n) is 2.78. The minimum atomic E-state index is -0.782. The molecule has 0 heterocycles. The Labute approximate surface area is 78.7 Å². The van der Waals surface area contributed by atoms with Crippen LogP contribution in [0.5, 0.6) is 0 Å². The van der Waals surface area contributed by atoms with Gasteiger partial charge in [-0.25, -0.2) is 0 Å². The van der Waals surface area contributed by atoms with Crippen molar-refractivity contribution < 1.29 is 9.59 Å². The maximum Gasteiger partial charge on any atom is 0.284 e. The smallest absolute Gasteiger partial charge is 0.284 e. The van der Waals surface area contributed by atoms with Crippen LogP contribution in [0.1, 0.15) is 44.9 Å². The zero-order valence-electron chi connectivity index (χ0n) is 7.92. The molecule has 0 aromatic rings. The zero-order chi connectivity index (χ0) is 9.68. The second-order valence-corrected chi connectivity index (χ2v) is 3.83. The highest BCUT2D eigenvalue weighted by molar-refractivity contribution is 6.35. The summed E-state index contributed by atoms with van der Waals surface area (Å²) in [7, 11) is 0. The van der Waals surface area contributed by atoms with Crippen molar-refractivity contribution in [2.24, 2.45) is 11.7 Å². The van der Waals surface area contributed by atoms with Gasteiger partial charge in [-0.15, -0.1) is 0 Å². The summed E-state index contributed by atoms with van der Waals surface area (Å²) in [5.41, 5.74) is 4.86. The molecule has 0 atom stereocenters. The van der Waals surface area contributed by atoms with Crippen LogP contribution in [0.15, 0.2) is 0 Å². The average molecular weight is 183 g/mol. The maximum absolute atomic E-state index is 10.9. The SMILES string of the molecule is NC(=O)C(=O)CCC1CCCCC1. The van der Waals surface area contributed by atoms with Crippen LogP contribution in [0.2, 0.25) is 0 Å². The minimum absolute atomic E-state index is 0.347. The van der Waals surface area contributed by atoms with Crippen molar-refractivity contribution in [1.29, 1.82) is 0 Å². The minimum Gasteiger partial charge on any atom is -0.363 e. The lowest BCUT2D eigenvalue weighted by molar-refractivity contribution is -0.136. The predicted molar refractivity (Wildman–Crippen MR) is 50.0 cm³/mol. The summed E-state index contributed by atoms with van der Waals surface area (Å²) in [5.74, 6) is -0.543. The molecule has 0 bridgehead atoms. The van der Waals surface area contributed by atoms with Crippen molar-refractivity contribution in [3.63, 3.8) is 0 Å². The molecule has 3 heteroatoms. The lowest BCUT2D eigenvalue weighted by Gasteiger charge is -2.20. The molecule has 0 spiro atoms. The van der Waals surface area contributed by atoms with Gasteiger partial charge in [-0.05, 0) is 12.3 Å². The topological polar surface area (TPSA) is 60.2 Å². The number of rotatable bonds is 4. The fourth-order valence-electron chi connectivity index (χ4n) is 1.93. The number of carbonyl (C=O) groups is 2. The number of amides is 1. The third kappa shape index (κ3) is 3.57. The quantitative estimate of drug-likeness (QED) is 0.670. The number of carbonyl (C=O) groups excluding carboxylic acids is 2. The first-order valence-corrected chi connectivity index (χ1v) is 5.03. The zero-order valence-corrected chi connectivity index (χ0v) is 7.92. The molecule has 2 N–H and O–H groups in total. The largest absolute Gasteiger partial charge is 0.363 e. The molecule has 1 fully saturated rings. The second kappa shape index (κ2) is 5.00. The van der Waals surface area contributed by atoms with Gasteiger partial charge < -0.3 is 5.73 Å². The van der Waals surface area contributed by atoms with Gasteiger partial charge in [0.05, 0.1) is 0 Å². The van der Waals surface area contributed by atoms with E-state index in [9.17, 15) is 9.59 Å². The molecule has 0 aliphatic heterocycles. The van der Waals surface area contributed by atoms with E-state index in [-0.39, 0.29) is 0 Å². The molecule has 74 valence electrons. The second-order valence-electron chi connectivity index (χ2n) is 3.83. The Morgan fingerprint density at radius 2 is 1.77 bits per heavy atom. The first kappa shape index (κ1) is 10.2. The van der Waals surface area contributed by atoms with E-state index in [0.29, 0.717) is 12.3 Å². The molecule has 1 aliphatic carbocycles. The molecule has 0 saturated heterocycles. The summed E-state index contributed by atoms with van der Waals surface area (Å²) >= 11 is 0. The van der Waals surface area contributed by atoms with E-state index in [4.69, 9.17) is 5.73 Å². The Kier molecular flexibility index (Phi) is 3.93. The third-order valence-corrected chi connectivity index (χ3v) is 2.78. The Morgan fingerprint density at radius 1 is 1.15 bits per heavy atom. The summed E-state index contributed by atoms with van der Waals surface area (Å²) in [5, 5.41) is 0. The van der Waals surface area contributed by atoms with Crippen LogP contribution in [-0.4, -0.2) is 11.7 Å².